The molecule has 3 heterocycles. The van der Waals surface area contributed by atoms with Crippen molar-refractivity contribution in [3.8, 4) is 0 Å². The molecule has 2 N–H and O–H groups in total. The Hall–Kier alpha value is -2.89. The van der Waals surface area contributed by atoms with Gasteiger partial charge in [-0.05, 0) is 61.9 Å². The van der Waals surface area contributed by atoms with Crippen molar-refractivity contribution in [2.45, 2.75) is 38.1 Å². The highest BCUT2D eigenvalue weighted by molar-refractivity contribution is 6.00. The number of carbonyl (C=O) groups is 1. The second-order valence-corrected chi connectivity index (χ2v) is 7.66. The van der Waals surface area contributed by atoms with Crippen LogP contribution in [0.25, 0.3) is 11.0 Å². The molecule has 0 spiro atoms. The first-order valence-corrected chi connectivity index (χ1v) is 10.0. The largest absolute Gasteiger partial charge is 0.384 e. The lowest BCUT2D eigenvalue weighted by Crippen LogP contribution is -2.39. The summed E-state index contributed by atoms with van der Waals surface area (Å²) in [5.74, 6) is 0.496. The van der Waals surface area contributed by atoms with Crippen LogP contribution in [0.1, 0.15) is 53.5 Å². The number of hydrogen-bond donors (Lipinski definition) is 2. The van der Waals surface area contributed by atoms with Crippen LogP contribution in [0.4, 0.5) is 10.1 Å². The molecule has 1 fully saturated rings. The molecule has 0 radical (unpaired) electrons. The van der Waals surface area contributed by atoms with Crippen LogP contribution in [-0.2, 0) is 6.42 Å². The number of amides is 1. The van der Waals surface area contributed by atoms with Crippen LogP contribution >= 0.6 is 0 Å². The molecule has 2 aliphatic heterocycles. The number of aromatic amines is 1. The van der Waals surface area contributed by atoms with Gasteiger partial charge in [-0.15, -0.1) is 0 Å². The maximum Gasteiger partial charge on any atom is 0.256 e. The molecule has 6 heteroatoms. The Labute approximate surface area is 163 Å². The van der Waals surface area contributed by atoms with Gasteiger partial charge in [0.05, 0.1) is 28.3 Å². The molecule has 3 aromatic rings. The van der Waals surface area contributed by atoms with Crippen molar-refractivity contribution in [2.24, 2.45) is 0 Å². The molecule has 144 valence electrons. The maximum atomic E-state index is 13.6. The molecule has 5 rings (SSSR count). The van der Waals surface area contributed by atoms with E-state index in [1.54, 1.807) is 6.07 Å². The molecule has 28 heavy (non-hydrogen) atoms. The van der Waals surface area contributed by atoms with Crippen molar-refractivity contribution in [1.29, 1.82) is 0 Å². The third kappa shape index (κ3) is 2.93. The average Bonchev–Trinajstić information content (AvgIpc) is 3.16. The quantitative estimate of drug-likeness (QED) is 0.694. The number of nitrogens with zero attached hydrogens (tertiary/aromatic N) is 2. The third-order valence-corrected chi connectivity index (χ3v) is 5.85. The van der Waals surface area contributed by atoms with Crippen LogP contribution in [0.2, 0.25) is 0 Å². The van der Waals surface area contributed by atoms with Gasteiger partial charge in [-0.1, -0.05) is 12.1 Å². The highest BCUT2D eigenvalue weighted by atomic mass is 19.1. The number of halogens is 1. The van der Waals surface area contributed by atoms with E-state index in [9.17, 15) is 9.18 Å². The molecule has 0 aliphatic carbocycles. The van der Waals surface area contributed by atoms with Crippen molar-refractivity contribution in [1.82, 2.24) is 14.9 Å². The Bertz CT molecular complexity index is 1040. The predicted molar refractivity (Wildman–Crippen MR) is 107 cm³/mol. The molecule has 1 amide bonds. The zero-order valence-electron chi connectivity index (χ0n) is 15.7. The summed E-state index contributed by atoms with van der Waals surface area (Å²) in [6.07, 6.45) is 4.98. The Morgan fingerprint density at radius 3 is 3.04 bits per heavy atom. The second-order valence-electron chi connectivity index (χ2n) is 7.66. The highest BCUT2D eigenvalue weighted by Crippen LogP contribution is 2.34. The van der Waals surface area contributed by atoms with Gasteiger partial charge in [0.25, 0.3) is 5.91 Å². The standard InChI is InChI=1S/C22H23FN4O/c23-15-9-10-17-18(13-15)26-21(25-17)19-8-1-2-12-27(19)22(28)16-7-3-5-14-6-4-11-24-20(14)16/h3,5,7,9-10,13,19,24H,1-2,4,6,8,11-12H2,(H,25,26)/t19-/m0/s1. The van der Waals surface area contributed by atoms with Crippen molar-refractivity contribution >= 4 is 22.6 Å². The lowest BCUT2D eigenvalue weighted by molar-refractivity contribution is 0.0602. The zero-order chi connectivity index (χ0) is 19.1. The van der Waals surface area contributed by atoms with E-state index in [1.807, 2.05) is 17.0 Å². The normalized spacial score (nSPS) is 19.3. The monoisotopic (exact) mass is 378 g/mol. The van der Waals surface area contributed by atoms with Crippen molar-refractivity contribution in [2.75, 3.05) is 18.4 Å². The molecule has 2 aliphatic rings. The number of aromatic nitrogens is 2. The number of H-pyrrole nitrogens is 1. The van der Waals surface area contributed by atoms with Gasteiger partial charge in [0.15, 0.2) is 0 Å². The molecular formula is C22H23FN4O. The lowest BCUT2D eigenvalue weighted by atomic mass is 9.96. The van der Waals surface area contributed by atoms with E-state index < -0.39 is 0 Å². The van der Waals surface area contributed by atoms with E-state index in [4.69, 9.17) is 0 Å². The van der Waals surface area contributed by atoms with Crippen LogP contribution in [0.3, 0.4) is 0 Å². The number of rotatable bonds is 2. The zero-order valence-corrected chi connectivity index (χ0v) is 15.7. The molecule has 0 saturated carbocycles. The number of piperidine rings is 1. The highest BCUT2D eigenvalue weighted by Gasteiger charge is 2.32. The summed E-state index contributed by atoms with van der Waals surface area (Å²) in [5.41, 5.74) is 4.34. The number of aryl methyl sites for hydroxylation is 1. The Kier molecular flexibility index (Phi) is 4.26. The maximum absolute atomic E-state index is 13.6. The molecule has 0 bridgehead atoms. The number of hydrogen-bond acceptors (Lipinski definition) is 3. The van der Waals surface area contributed by atoms with Gasteiger partial charge < -0.3 is 15.2 Å². The number of nitrogens with one attached hydrogen (secondary N) is 2. The third-order valence-electron chi connectivity index (χ3n) is 5.85. The molecule has 1 atom stereocenters. The molecular weight excluding hydrogens is 355 g/mol. The predicted octanol–water partition coefficient (Wildman–Crippen LogP) is 4.43. The summed E-state index contributed by atoms with van der Waals surface area (Å²) in [6.45, 7) is 1.61. The minimum atomic E-state index is -0.290. The van der Waals surface area contributed by atoms with Crippen LogP contribution in [0.5, 0.6) is 0 Å². The molecule has 1 aromatic heterocycles. The Morgan fingerprint density at radius 1 is 1.18 bits per heavy atom. The summed E-state index contributed by atoms with van der Waals surface area (Å²) in [6, 6.07) is 10.4. The number of carbonyl (C=O) groups excluding carboxylic acids is 1. The fourth-order valence-corrected chi connectivity index (χ4v) is 4.46. The van der Waals surface area contributed by atoms with Gasteiger partial charge in [0.1, 0.15) is 11.6 Å². The van der Waals surface area contributed by atoms with E-state index >= 15 is 0 Å². The van der Waals surface area contributed by atoms with Crippen LogP contribution in [-0.4, -0.2) is 33.9 Å². The van der Waals surface area contributed by atoms with Crippen LogP contribution < -0.4 is 5.32 Å². The van der Waals surface area contributed by atoms with E-state index in [0.29, 0.717) is 12.1 Å². The fourth-order valence-electron chi connectivity index (χ4n) is 4.46. The SMILES string of the molecule is O=C(c1cccc2c1NCCC2)N1CCCC[C@H]1c1nc2ccc(F)cc2[nH]1. The van der Waals surface area contributed by atoms with Gasteiger partial charge in [-0.25, -0.2) is 9.37 Å². The minimum absolute atomic E-state index is 0.0441. The first-order valence-electron chi connectivity index (χ1n) is 10.0. The molecule has 1 saturated heterocycles. The Morgan fingerprint density at radius 2 is 2.11 bits per heavy atom. The van der Waals surface area contributed by atoms with Crippen LogP contribution in [0, 0.1) is 5.82 Å². The summed E-state index contributed by atoms with van der Waals surface area (Å²) in [5, 5.41) is 3.42. The molecule has 5 nitrogen and oxygen atoms in total. The number of anilines is 1. The summed E-state index contributed by atoms with van der Waals surface area (Å²) >= 11 is 0. The molecule has 0 unspecified atom stereocenters. The number of benzene rings is 2. The summed E-state index contributed by atoms with van der Waals surface area (Å²) < 4.78 is 13.6. The van der Waals surface area contributed by atoms with Gasteiger partial charge in [-0.3, -0.25) is 4.79 Å². The topological polar surface area (TPSA) is 61.0 Å². The Balaban J connectivity index is 1.51. The van der Waals surface area contributed by atoms with E-state index in [-0.39, 0.29) is 17.8 Å². The van der Waals surface area contributed by atoms with Gasteiger partial charge in [0, 0.05) is 13.1 Å². The van der Waals surface area contributed by atoms with Crippen molar-refractivity contribution < 1.29 is 9.18 Å². The first-order chi connectivity index (χ1) is 13.7. The number of likely N-dealkylation sites (tertiary alicyclic amines) is 1. The summed E-state index contributed by atoms with van der Waals surface area (Å²) in [4.78, 5) is 23.3. The van der Waals surface area contributed by atoms with E-state index in [0.717, 1.165) is 61.2 Å². The van der Waals surface area contributed by atoms with Gasteiger partial charge >= 0.3 is 0 Å². The smallest absolute Gasteiger partial charge is 0.256 e. The van der Waals surface area contributed by atoms with Gasteiger partial charge in [-0.2, -0.15) is 0 Å². The fraction of sp³-hybridized carbons (Fsp3) is 0.364. The van der Waals surface area contributed by atoms with E-state index in [1.165, 1.54) is 17.7 Å². The number of para-hydroxylation sites is 1. The van der Waals surface area contributed by atoms with E-state index in [2.05, 4.69) is 21.4 Å². The van der Waals surface area contributed by atoms with Crippen LogP contribution in [0.15, 0.2) is 36.4 Å². The molecule has 2 aromatic carbocycles. The number of imidazole rings is 1. The average molecular weight is 378 g/mol. The van der Waals surface area contributed by atoms with Gasteiger partial charge in [0.2, 0.25) is 0 Å². The lowest BCUT2D eigenvalue weighted by Gasteiger charge is -2.35. The summed E-state index contributed by atoms with van der Waals surface area (Å²) in [7, 11) is 0. The van der Waals surface area contributed by atoms with Crippen molar-refractivity contribution in [3.05, 3.63) is 59.2 Å². The van der Waals surface area contributed by atoms with Crippen molar-refractivity contribution in [3.63, 3.8) is 0 Å². The minimum Gasteiger partial charge on any atom is -0.384 e. The second kappa shape index (κ2) is 6.93. The first kappa shape index (κ1) is 17.2. The number of fused-ring (bicyclic) bond motifs is 2.